The molecular formula is C21H16ClN3O4S2. The molecule has 0 aliphatic carbocycles. The maximum Gasteiger partial charge on any atom is 0.265 e. The number of hydrogen-bond acceptors (Lipinski definition) is 7. The fourth-order valence-corrected chi connectivity index (χ4v) is 6.32. The van der Waals surface area contributed by atoms with Crippen LogP contribution in [0.2, 0.25) is 5.02 Å². The summed E-state index contributed by atoms with van der Waals surface area (Å²) in [6.45, 7) is 0.326. The highest BCUT2D eigenvalue weighted by atomic mass is 35.5. The van der Waals surface area contributed by atoms with Gasteiger partial charge in [0.15, 0.2) is 0 Å². The summed E-state index contributed by atoms with van der Waals surface area (Å²) in [7, 11) is -2.34. The highest BCUT2D eigenvalue weighted by Gasteiger charge is 2.32. The molecule has 1 aliphatic rings. The Bertz CT molecular complexity index is 1390. The van der Waals surface area contributed by atoms with Crippen molar-refractivity contribution in [2.75, 3.05) is 23.7 Å². The van der Waals surface area contributed by atoms with E-state index >= 15 is 0 Å². The van der Waals surface area contributed by atoms with Crippen LogP contribution in [0.5, 0.6) is 5.88 Å². The van der Waals surface area contributed by atoms with Gasteiger partial charge in [0, 0.05) is 39.9 Å². The molecule has 0 saturated heterocycles. The summed E-state index contributed by atoms with van der Waals surface area (Å²) in [5.41, 5.74) is 1.96. The van der Waals surface area contributed by atoms with E-state index < -0.39 is 10.0 Å². The average Bonchev–Trinajstić information content (AvgIpc) is 3.21. The SMILES string of the molecule is COc1ccc(S(=O)(=O)N2CCSc3c(-c4cc5cc(Cl)ccc5o4)cncc32)cn1. The van der Waals surface area contributed by atoms with E-state index in [0.717, 1.165) is 15.8 Å². The van der Waals surface area contributed by atoms with Crippen LogP contribution in [0.1, 0.15) is 0 Å². The van der Waals surface area contributed by atoms with Crippen LogP contribution >= 0.6 is 23.4 Å². The average molecular weight is 474 g/mol. The Labute approximate surface area is 188 Å². The number of halogens is 1. The number of methoxy groups -OCH3 is 1. The summed E-state index contributed by atoms with van der Waals surface area (Å²) >= 11 is 7.67. The van der Waals surface area contributed by atoms with Crippen molar-refractivity contribution in [1.82, 2.24) is 9.97 Å². The van der Waals surface area contributed by atoms with Gasteiger partial charge in [0.05, 0.1) is 30.8 Å². The lowest BCUT2D eigenvalue weighted by molar-refractivity contribution is 0.397. The van der Waals surface area contributed by atoms with Gasteiger partial charge in [-0.1, -0.05) is 11.6 Å². The number of rotatable bonds is 4. The molecule has 158 valence electrons. The van der Waals surface area contributed by atoms with Crippen LogP contribution in [0.4, 0.5) is 5.69 Å². The second kappa shape index (κ2) is 7.74. The van der Waals surface area contributed by atoms with Crippen molar-refractivity contribution in [3.8, 4) is 17.2 Å². The fourth-order valence-electron chi connectivity index (χ4n) is 3.46. The van der Waals surface area contributed by atoms with E-state index in [1.165, 1.54) is 29.7 Å². The highest BCUT2D eigenvalue weighted by molar-refractivity contribution is 8.00. The van der Waals surface area contributed by atoms with Crippen molar-refractivity contribution in [3.05, 3.63) is 60.0 Å². The van der Waals surface area contributed by atoms with Gasteiger partial charge in [-0.2, -0.15) is 0 Å². The first kappa shape index (κ1) is 20.2. The van der Waals surface area contributed by atoms with Crippen molar-refractivity contribution >= 4 is 50.0 Å². The second-order valence-electron chi connectivity index (χ2n) is 6.79. The van der Waals surface area contributed by atoms with E-state index in [-0.39, 0.29) is 4.90 Å². The zero-order valence-electron chi connectivity index (χ0n) is 16.3. The van der Waals surface area contributed by atoms with E-state index in [0.29, 0.717) is 40.2 Å². The van der Waals surface area contributed by atoms with Crippen LogP contribution in [0, 0.1) is 0 Å². The van der Waals surface area contributed by atoms with Gasteiger partial charge in [-0.15, -0.1) is 11.8 Å². The van der Waals surface area contributed by atoms with E-state index in [4.69, 9.17) is 20.8 Å². The summed E-state index contributed by atoms with van der Waals surface area (Å²) in [6.07, 6.45) is 4.56. The molecule has 1 aromatic carbocycles. The smallest absolute Gasteiger partial charge is 0.265 e. The van der Waals surface area contributed by atoms with Crippen molar-refractivity contribution < 1.29 is 17.6 Å². The molecule has 0 fully saturated rings. The van der Waals surface area contributed by atoms with Gasteiger partial charge < -0.3 is 9.15 Å². The first-order valence-corrected chi connectivity index (χ1v) is 12.1. The third-order valence-corrected chi connectivity index (χ3v) is 8.07. The lowest BCUT2D eigenvalue weighted by Gasteiger charge is -2.30. The summed E-state index contributed by atoms with van der Waals surface area (Å²) in [6, 6.07) is 10.3. The standard InChI is InChI=1S/C21H16ClN3O4S2/c1-28-20-5-3-15(10-24-20)31(26,27)25-6-7-30-21-16(11-23-12-17(21)25)19-9-13-8-14(22)2-4-18(13)29-19/h2-5,8-12H,6-7H2,1H3. The van der Waals surface area contributed by atoms with Crippen LogP contribution in [0.25, 0.3) is 22.3 Å². The number of hydrogen-bond donors (Lipinski definition) is 0. The molecule has 4 aromatic rings. The summed E-state index contributed by atoms with van der Waals surface area (Å²) in [5, 5.41) is 1.49. The van der Waals surface area contributed by atoms with E-state index in [9.17, 15) is 8.42 Å². The first-order valence-electron chi connectivity index (χ1n) is 9.30. The van der Waals surface area contributed by atoms with Crippen LogP contribution in [0.15, 0.2) is 69.2 Å². The van der Waals surface area contributed by atoms with Crippen LogP contribution < -0.4 is 9.04 Å². The monoisotopic (exact) mass is 473 g/mol. The number of fused-ring (bicyclic) bond motifs is 2. The van der Waals surface area contributed by atoms with E-state index in [2.05, 4.69) is 9.97 Å². The Hall–Kier alpha value is -2.75. The number of sulfonamides is 1. The van der Waals surface area contributed by atoms with Crippen molar-refractivity contribution in [2.24, 2.45) is 0 Å². The van der Waals surface area contributed by atoms with Crippen molar-refractivity contribution in [3.63, 3.8) is 0 Å². The van der Waals surface area contributed by atoms with E-state index in [1.807, 2.05) is 18.2 Å². The second-order valence-corrected chi connectivity index (χ2v) is 10.2. The van der Waals surface area contributed by atoms with Gasteiger partial charge in [-0.25, -0.2) is 13.4 Å². The zero-order valence-corrected chi connectivity index (χ0v) is 18.7. The molecule has 0 bridgehead atoms. The quantitative estimate of drug-likeness (QED) is 0.418. The van der Waals surface area contributed by atoms with Gasteiger partial charge in [0.2, 0.25) is 5.88 Å². The molecular weight excluding hydrogens is 458 g/mol. The summed E-state index contributed by atoms with van der Waals surface area (Å²) in [5.74, 6) is 1.56. The molecule has 0 amide bonds. The normalized spacial score (nSPS) is 13.9. The highest BCUT2D eigenvalue weighted by Crippen LogP contribution is 2.44. The number of benzene rings is 1. The van der Waals surface area contributed by atoms with Crippen LogP contribution in [0.3, 0.4) is 0 Å². The number of nitrogens with zero attached hydrogens (tertiary/aromatic N) is 3. The fraction of sp³-hybridized carbons (Fsp3) is 0.143. The third-order valence-electron chi connectivity index (χ3n) is 4.94. The molecule has 0 N–H and O–H groups in total. The largest absolute Gasteiger partial charge is 0.481 e. The molecule has 0 unspecified atom stereocenters. The van der Waals surface area contributed by atoms with Crippen LogP contribution in [-0.2, 0) is 10.0 Å². The molecule has 5 rings (SSSR count). The van der Waals surface area contributed by atoms with Gasteiger partial charge in [-0.3, -0.25) is 9.29 Å². The molecule has 10 heteroatoms. The molecule has 1 aliphatic heterocycles. The molecule has 0 atom stereocenters. The number of anilines is 1. The van der Waals surface area contributed by atoms with Crippen molar-refractivity contribution in [1.29, 1.82) is 0 Å². The molecule has 0 radical (unpaired) electrons. The summed E-state index contributed by atoms with van der Waals surface area (Å²) < 4.78 is 39.1. The van der Waals surface area contributed by atoms with Gasteiger partial charge in [0.1, 0.15) is 16.2 Å². The Morgan fingerprint density at radius 2 is 2.03 bits per heavy atom. The number of thioether (sulfide) groups is 1. The Morgan fingerprint density at radius 3 is 2.81 bits per heavy atom. The Balaban J connectivity index is 1.60. The number of furan rings is 1. The van der Waals surface area contributed by atoms with Gasteiger partial charge in [0.25, 0.3) is 10.0 Å². The Morgan fingerprint density at radius 1 is 1.16 bits per heavy atom. The lowest BCUT2D eigenvalue weighted by Crippen LogP contribution is -2.35. The minimum Gasteiger partial charge on any atom is -0.481 e. The molecule has 7 nitrogen and oxygen atoms in total. The minimum absolute atomic E-state index is 0.0925. The molecule has 0 saturated carbocycles. The molecule has 0 spiro atoms. The third kappa shape index (κ3) is 3.52. The number of ether oxygens (including phenoxy) is 1. The first-order chi connectivity index (χ1) is 15.0. The number of aromatic nitrogens is 2. The topological polar surface area (TPSA) is 85.5 Å². The van der Waals surface area contributed by atoms with Crippen molar-refractivity contribution in [2.45, 2.75) is 9.79 Å². The lowest BCUT2D eigenvalue weighted by atomic mass is 10.2. The molecule has 3 aromatic heterocycles. The molecule has 31 heavy (non-hydrogen) atoms. The molecule has 4 heterocycles. The van der Waals surface area contributed by atoms with Crippen LogP contribution in [-0.4, -0.2) is 37.8 Å². The van der Waals surface area contributed by atoms with Gasteiger partial charge >= 0.3 is 0 Å². The Kier molecular flexibility index (Phi) is 5.04. The minimum atomic E-state index is -3.82. The summed E-state index contributed by atoms with van der Waals surface area (Å²) in [4.78, 5) is 9.24. The maximum atomic E-state index is 13.3. The zero-order chi connectivity index (χ0) is 21.6. The van der Waals surface area contributed by atoms with E-state index in [1.54, 1.807) is 30.2 Å². The maximum absolute atomic E-state index is 13.3. The van der Waals surface area contributed by atoms with Gasteiger partial charge in [-0.05, 0) is 30.3 Å². The predicted molar refractivity (Wildman–Crippen MR) is 120 cm³/mol. The predicted octanol–water partition coefficient (Wildman–Crippen LogP) is 4.85. The number of pyridine rings is 2.